The molecule has 1 aliphatic carbocycles. The highest BCUT2D eigenvalue weighted by Crippen LogP contribution is 2.22. The summed E-state index contributed by atoms with van der Waals surface area (Å²) in [6.45, 7) is 2.62. The maximum absolute atomic E-state index is 11.7. The van der Waals surface area contributed by atoms with Gasteiger partial charge in [0.05, 0.1) is 6.42 Å². The van der Waals surface area contributed by atoms with Gasteiger partial charge < -0.3 is 11.1 Å². The van der Waals surface area contributed by atoms with E-state index in [0.717, 1.165) is 18.4 Å². The van der Waals surface area contributed by atoms with Crippen LogP contribution in [0.1, 0.15) is 36.5 Å². The van der Waals surface area contributed by atoms with Crippen molar-refractivity contribution in [1.29, 1.82) is 0 Å². The van der Waals surface area contributed by atoms with Gasteiger partial charge in [0.1, 0.15) is 0 Å². The number of rotatable bonds is 5. The molecule has 1 atom stereocenters. The summed E-state index contributed by atoms with van der Waals surface area (Å²) in [5, 5.41) is 2.91. The van der Waals surface area contributed by atoms with Gasteiger partial charge in [0.15, 0.2) is 0 Å². The number of nitrogens with two attached hydrogens (primary N) is 1. The lowest BCUT2D eigenvalue weighted by Crippen LogP contribution is -2.30. The van der Waals surface area contributed by atoms with Crippen molar-refractivity contribution in [2.24, 2.45) is 5.73 Å². The summed E-state index contributed by atoms with van der Waals surface area (Å²) >= 11 is 0. The third-order valence-corrected chi connectivity index (χ3v) is 3.45. The Morgan fingerprint density at radius 2 is 2.11 bits per heavy atom. The molecule has 1 amide bonds. The van der Waals surface area contributed by atoms with Crippen molar-refractivity contribution in [1.82, 2.24) is 5.32 Å². The molecule has 0 aromatic heterocycles. The first-order chi connectivity index (χ1) is 8.65. The summed E-state index contributed by atoms with van der Waals surface area (Å²) in [7, 11) is 0. The van der Waals surface area contributed by atoms with E-state index in [0.29, 0.717) is 13.0 Å². The molecule has 0 fully saturated rings. The third kappa shape index (κ3) is 4.84. The van der Waals surface area contributed by atoms with Gasteiger partial charge in [-0.15, -0.1) is 12.4 Å². The van der Waals surface area contributed by atoms with E-state index in [1.807, 2.05) is 6.92 Å². The lowest BCUT2D eigenvalue weighted by Gasteiger charge is -2.08. The Bertz CT molecular complexity index is 432. The molecule has 0 aliphatic heterocycles. The zero-order chi connectivity index (χ0) is 13.0. The highest BCUT2D eigenvalue weighted by atomic mass is 35.5. The molecule has 4 heteroatoms. The minimum Gasteiger partial charge on any atom is -0.356 e. The largest absolute Gasteiger partial charge is 0.356 e. The molecule has 0 saturated heterocycles. The molecule has 0 radical (unpaired) electrons. The van der Waals surface area contributed by atoms with Crippen LogP contribution in [0.5, 0.6) is 0 Å². The van der Waals surface area contributed by atoms with Crippen LogP contribution in [0, 0.1) is 0 Å². The smallest absolute Gasteiger partial charge is 0.224 e. The van der Waals surface area contributed by atoms with Crippen LogP contribution in [0.25, 0.3) is 0 Å². The van der Waals surface area contributed by atoms with E-state index in [1.54, 1.807) is 0 Å². The summed E-state index contributed by atoms with van der Waals surface area (Å²) in [6, 6.07) is 6.58. The zero-order valence-electron chi connectivity index (χ0n) is 11.4. The molecule has 3 nitrogen and oxygen atoms in total. The van der Waals surface area contributed by atoms with Crippen molar-refractivity contribution < 1.29 is 4.79 Å². The minimum absolute atomic E-state index is 0. The van der Waals surface area contributed by atoms with Crippen LogP contribution in [0.2, 0.25) is 0 Å². The Morgan fingerprint density at radius 3 is 2.84 bits per heavy atom. The maximum Gasteiger partial charge on any atom is 0.224 e. The normalized spacial score (nSPS) is 14.4. The van der Waals surface area contributed by atoms with Crippen molar-refractivity contribution in [2.75, 3.05) is 6.54 Å². The fourth-order valence-electron chi connectivity index (χ4n) is 2.42. The summed E-state index contributed by atoms with van der Waals surface area (Å²) in [4.78, 5) is 11.7. The molecular formula is C15H23ClN2O. The number of hydrogen-bond donors (Lipinski definition) is 2. The van der Waals surface area contributed by atoms with Crippen molar-refractivity contribution in [2.45, 2.75) is 45.1 Å². The third-order valence-electron chi connectivity index (χ3n) is 3.45. The second-order valence-electron chi connectivity index (χ2n) is 5.25. The number of aryl methyl sites for hydroxylation is 2. The van der Waals surface area contributed by atoms with Gasteiger partial charge in [-0.25, -0.2) is 0 Å². The Balaban J connectivity index is 0.00000180. The molecule has 1 aromatic carbocycles. The molecular weight excluding hydrogens is 260 g/mol. The first-order valence-electron chi connectivity index (χ1n) is 6.78. The SMILES string of the molecule is CC(N)CCNC(=O)Cc1ccc2c(c1)CCC2.Cl. The summed E-state index contributed by atoms with van der Waals surface area (Å²) in [5.74, 6) is 0.0913. The van der Waals surface area contributed by atoms with Gasteiger partial charge in [-0.2, -0.15) is 0 Å². The minimum atomic E-state index is 0. The van der Waals surface area contributed by atoms with Crippen molar-refractivity contribution in [3.8, 4) is 0 Å². The van der Waals surface area contributed by atoms with Crippen LogP contribution in [0.3, 0.4) is 0 Å². The number of carbonyl (C=O) groups is 1. The zero-order valence-corrected chi connectivity index (χ0v) is 12.3. The molecule has 0 saturated carbocycles. The number of nitrogens with one attached hydrogen (secondary N) is 1. The summed E-state index contributed by atoms with van der Waals surface area (Å²) in [6.07, 6.45) is 4.91. The second-order valence-corrected chi connectivity index (χ2v) is 5.25. The molecule has 1 aliphatic rings. The van der Waals surface area contributed by atoms with E-state index in [2.05, 4.69) is 23.5 Å². The molecule has 0 bridgehead atoms. The number of benzene rings is 1. The molecule has 106 valence electrons. The first-order valence-corrected chi connectivity index (χ1v) is 6.78. The Kier molecular flexibility index (Phi) is 6.32. The lowest BCUT2D eigenvalue weighted by atomic mass is 10.0. The fraction of sp³-hybridized carbons (Fsp3) is 0.533. The van der Waals surface area contributed by atoms with Crippen LogP contribution in [-0.2, 0) is 24.1 Å². The number of halogens is 1. The number of amides is 1. The average Bonchev–Trinajstić information content (AvgIpc) is 2.75. The lowest BCUT2D eigenvalue weighted by molar-refractivity contribution is -0.120. The van der Waals surface area contributed by atoms with Crippen LogP contribution in [-0.4, -0.2) is 18.5 Å². The van der Waals surface area contributed by atoms with E-state index in [1.165, 1.54) is 24.0 Å². The van der Waals surface area contributed by atoms with Crippen LogP contribution in [0.15, 0.2) is 18.2 Å². The second kappa shape index (κ2) is 7.51. The van der Waals surface area contributed by atoms with Crippen molar-refractivity contribution >= 4 is 18.3 Å². The molecule has 0 spiro atoms. The van der Waals surface area contributed by atoms with E-state index in [9.17, 15) is 4.79 Å². The molecule has 1 unspecified atom stereocenters. The van der Waals surface area contributed by atoms with Gasteiger partial charge in [-0.3, -0.25) is 4.79 Å². The van der Waals surface area contributed by atoms with Crippen LogP contribution >= 0.6 is 12.4 Å². The van der Waals surface area contributed by atoms with Crippen molar-refractivity contribution in [3.05, 3.63) is 34.9 Å². The van der Waals surface area contributed by atoms with E-state index in [4.69, 9.17) is 5.73 Å². The van der Waals surface area contributed by atoms with Crippen LogP contribution in [0.4, 0.5) is 0 Å². The molecule has 3 N–H and O–H groups in total. The quantitative estimate of drug-likeness (QED) is 0.868. The molecule has 19 heavy (non-hydrogen) atoms. The molecule has 0 heterocycles. The Hall–Kier alpha value is -1.06. The van der Waals surface area contributed by atoms with Crippen molar-refractivity contribution in [3.63, 3.8) is 0 Å². The topological polar surface area (TPSA) is 55.1 Å². The highest BCUT2D eigenvalue weighted by molar-refractivity contribution is 5.85. The summed E-state index contributed by atoms with van der Waals surface area (Å²) in [5.41, 5.74) is 9.64. The number of fused-ring (bicyclic) bond motifs is 1. The standard InChI is InChI=1S/C15H22N2O.ClH/c1-11(16)7-8-17-15(18)10-12-5-6-13-3-2-4-14(13)9-12;/h5-6,9,11H,2-4,7-8,10,16H2,1H3,(H,17,18);1H. The predicted octanol–water partition coefficient (Wildman–Crippen LogP) is 1.99. The summed E-state index contributed by atoms with van der Waals surface area (Å²) < 4.78 is 0. The van der Waals surface area contributed by atoms with Gasteiger partial charge in [-0.1, -0.05) is 18.2 Å². The highest BCUT2D eigenvalue weighted by Gasteiger charge is 2.12. The molecule has 2 rings (SSSR count). The monoisotopic (exact) mass is 282 g/mol. The Morgan fingerprint density at radius 1 is 1.37 bits per heavy atom. The van der Waals surface area contributed by atoms with Gasteiger partial charge >= 0.3 is 0 Å². The average molecular weight is 283 g/mol. The van der Waals surface area contributed by atoms with Gasteiger partial charge in [-0.05, 0) is 49.3 Å². The maximum atomic E-state index is 11.7. The van der Waals surface area contributed by atoms with E-state index >= 15 is 0 Å². The Labute approximate surface area is 121 Å². The first kappa shape index (κ1) is 16.0. The van der Waals surface area contributed by atoms with Gasteiger partial charge in [0.2, 0.25) is 5.91 Å². The predicted molar refractivity (Wildman–Crippen MR) is 80.7 cm³/mol. The van der Waals surface area contributed by atoms with Gasteiger partial charge in [0.25, 0.3) is 0 Å². The van der Waals surface area contributed by atoms with E-state index < -0.39 is 0 Å². The molecule has 1 aromatic rings. The van der Waals surface area contributed by atoms with E-state index in [-0.39, 0.29) is 24.4 Å². The number of carbonyl (C=O) groups excluding carboxylic acids is 1. The fourth-order valence-corrected chi connectivity index (χ4v) is 2.42. The van der Waals surface area contributed by atoms with Gasteiger partial charge in [0, 0.05) is 12.6 Å². The number of hydrogen-bond acceptors (Lipinski definition) is 2. The van der Waals surface area contributed by atoms with Crippen LogP contribution < -0.4 is 11.1 Å².